The van der Waals surface area contributed by atoms with Gasteiger partial charge in [0.05, 0.1) is 43.2 Å². The van der Waals surface area contributed by atoms with E-state index in [9.17, 15) is 14.4 Å². The molecule has 3 aromatic rings. The molecule has 11 heteroatoms. The van der Waals surface area contributed by atoms with Crippen molar-refractivity contribution < 1.29 is 28.6 Å². The van der Waals surface area contributed by atoms with Crippen molar-refractivity contribution in [3.8, 4) is 17.2 Å². The van der Waals surface area contributed by atoms with E-state index in [-0.39, 0.29) is 38.9 Å². The molecule has 0 radical (unpaired) electrons. The summed E-state index contributed by atoms with van der Waals surface area (Å²) in [6.07, 6.45) is 0. The monoisotopic (exact) mass is 517 g/mol. The van der Waals surface area contributed by atoms with Gasteiger partial charge in [0, 0.05) is 10.6 Å². The number of rotatable bonds is 7. The summed E-state index contributed by atoms with van der Waals surface area (Å²) < 4.78 is 15.7. The Morgan fingerprint density at radius 2 is 1.34 bits per heavy atom. The lowest BCUT2D eigenvalue weighted by Gasteiger charge is -2.15. The van der Waals surface area contributed by atoms with Gasteiger partial charge in [0.2, 0.25) is 5.75 Å². The van der Waals surface area contributed by atoms with Gasteiger partial charge in [-0.3, -0.25) is 25.2 Å². The van der Waals surface area contributed by atoms with Crippen molar-refractivity contribution in [1.29, 1.82) is 0 Å². The molecule has 0 heterocycles. The molecular weight excluding hydrogens is 497 g/mol. The number of carbonyl (C=O) groups excluding carboxylic acids is 3. The van der Waals surface area contributed by atoms with E-state index in [0.717, 1.165) is 0 Å². The van der Waals surface area contributed by atoms with Crippen molar-refractivity contribution >= 4 is 46.6 Å². The number of nitrogens with one attached hydrogen (secondary N) is 3. The van der Waals surface area contributed by atoms with Crippen molar-refractivity contribution in [3.63, 3.8) is 0 Å². The van der Waals surface area contributed by atoms with E-state index in [2.05, 4.69) is 16.2 Å². The highest BCUT2D eigenvalue weighted by Gasteiger charge is 2.19. The van der Waals surface area contributed by atoms with Gasteiger partial charge in [-0.25, -0.2) is 0 Å². The van der Waals surface area contributed by atoms with Gasteiger partial charge in [0.15, 0.2) is 11.5 Å². The summed E-state index contributed by atoms with van der Waals surface area (Å²) in [4.78, 5) is 38.1. The summed E-state index contributed by atoms with van der Waals surface area (Å²) in [6.45, 7) is 0. The van der Waals surface area contributed by atoms with E-state index in [4.69, 9.17) is 37.4 Å². The lowest BCUT2D eigenvalue weighted by atomic mass is 10.1. The molecule has 0 saturated heterocycles. The van der Waals surface area contributed by atoms with Gasteiger partial charge in [-0.1, -0.05) is 35.3 Å². The smallest absolute Gasteiger partial charge is 0.271 e. The second-order valence-corrected chi connectivity index (χ2v) is 7.79. The Morgan fingerprint density at radius 3 is 1.94 bits per heavy atom. The number of hydrogen-bond donors (Lipinski definition) is 3. The highest BCUT2D eigenvalue weighted by atomic mass is 35.5. The molecule has 0 bridgehead atoms. The van der Waals surface area contributed by atoms with Crippen LogP contribution in [0.2, 0.25) is 10.0 Å². The fourth-order valence-electron chi connectivity index (χ4n) is 3.12. The van der Waals surface area contributed by atoms with Gasteiger partial charge in [-0.2, -0.15) is 0 Å². The number of amides is 3. The fourth-order valence-corrected chi connectivity index (χ4v) is 3.61. The average molecular weight is 518 g/mol. The highest BCUT2D eigenvalue weighted by Crippen LogP contribution is 2.38. The van der Waals surface area contributed by atoms with Crippen LogP contribution >= 0.6 is 23.2 Å². The van der Waals surface area contributed by atoms with Crippen LogP contribution < -0.4 is 30.4 Å². The minimum absolute atomic E-state index is 0.108. The molecule has 0 aliphatic rings. The first-order valence-corrected chi connectivity index (χ1v) is 10.8. The molecule has 3 N–H and O–H groups in total. The molecule has 0 atom stereocenters. The molecule has 0 aliphatic carbocycles. The number of ether oxygens (including phenoxy) is 3. The number of para-hydroxylation sites is 1. The topological polar surface area (TPSA) is 115 Å². The van der Waals surface area contributed by atoms with E-state index >= 15 is 0 Å². The highest BCUT2D eigenvalue weighted by molar-refractivity contribution is 6.37. The largest absolute Gasteiger partial charge is 0.493 e. The number of hydrazine groups is 1. The zero-order valence-corrected chi connectivity index (χ0v) is 20.4. The normalized spacial score (nSPS) is 10.2. The van der Waals surface area contributed by atoms with Crippen LogP contribution in [0.15, 0.2) is 54.6 Å². The Bertz CT molecular complexity index is 1260. The Morgan fingerprint density at radius 1 is 0.714 bits per heavy atom. The molecule has 3 rings (SSSR count). The first-order valence-electron chi connectivity index (χ1n) is 10.0. The Kier molecular flexibility index (Phi) is 8.40. The number of anilines is 1. The standard InChI is InChI=1S/C24H21Cl2N3O6/c1-33-19-10-13(11-20(34-2)21(19)35-3)22(30)28-29-24(32)16-6-4-5-7-18(16)27-23(31)15-9-8-14(25)12-17(15)26/h4-12H,1-3H3,(H,27,31)(H,28,30)(H,29,32). The minimum atomic E-state index is -0.663. The second-order valence-electron chi connectivity index (χ2n) is 6.95. The average Bonchev–Trinajstić information content (AvgIpc) is 2.86. The predicted molar refractivity (Wildman–Crippen MR) is 132 cm³/mol. The van der Waals surface area contributed by atoms with Crippen molar-refractivity contribution in [2.24, 2.45) is 0 Å². The molecule has 9 nitrogen and oxygen atoms in total. The van der Waals surface area contributed by atoms with E-state index < -0.39 is 17.7 Å². The molecule has 0 fully saturated rings. The van der Waals surface area contributed by atoms with E-state index in [0.29, 0.717) is 10.8 Å². The summed E-state index contributed by atoms with van der Waals surface area (Å²) in [5.41, 5.74) is 5.31. The summed E-state index contributed by atoms with van der Waals surface area (Å²) in [5.74, 6) is -0.958. The van der Waals surface area contributed by atoms with Crippen LogP contribution in [0.5, 0.6) is 17.2 Å². The molecule has 3 aromatic carbocycles. The maximum atomic E-state index is 12.8. The number of hydrogen-bond acceptors (Lipinski definition) is 6. The summed E-state index contributed by atoms with van der Waals surface area (Å²) in [6, 6.07) is 13.6. The SMILES string of the molecule is COc1cc(C(=O)NNC(=O)c2ccccc2NC(=O)c2ccc(Cl)cc2Cl)cc(OC)c1OC. The van der Waals surface area contributed by atoms with Crippen LogP contribution in [0.4, 0.5) is 5.69 Å². The van der Waals surface area contributed by atoms with Crippen LogP contribution in [0.25, 0.3) is 0 Å². The quantitative estimate of drug-likeness (QED) is 0.401. The molecule has 0 aromatic heterocycles. The van der Waals surface area contributed by atoms with Gasteiger partial charge >= 0.3 is 0 Å². The van der Waals surface area contributed by atoms with Crippen molar-refractivity contribution in [3.05, 3.63) is 81.3 Å². The van der Waals surface area contributed by atoms with Crippen LogP contribution in [-0.4, -0.2) is 39.1 Å². The van der Waals surface area contributed by atoms with Gasteiger partial charge in [-0.05, 0) is 42.5 Å². The van der Waals surface area contributed by atoms with Crippen LogP contribution in [0, 0.1) is 0 Å². The zero-order chi connectivity index (χ0) is 25.5. The van der Waals surface area contributed by atoms with Crippen LogP contribution in [-0.2, 0) is 0 Å². The Balaban J connectivity index is 1.75. The maximum absolute atomic E-state index is 12.8. The third kappa shape index (κ3) is 5.95. The molecular formula is C24H21Cl2N3O6. The number of halogens is 2. The molecule has 0 aliphatic heterocycles. The summed E-state index contributed by atoms with van der Waals surface area (Å²) in [5, 5.41) is 3.19. The fraction of sp³-hybridized carbons (Fsp3) is 0.125. The number of carbonyl (C=O) groups is 3. The second kappa shape index (κ2) is 11.5. The van der Waals surface area contributed by atoms with Gasteiger partial charge < -0.3 is 19.5 Å². The number of methoxy groups -OCH3 is 3. The molecule has 35 heavy (non-hydrogen) atoms. The van der Waals surface area contributed by atoms with Gasteiger partial charge in [-0.15, -0.1) is 0 Å². The number of benzene rings is 3. The van der Waals surface area contributed by atoms with Crippen LogP contribution in [0.1, 0.15) is 31.1 Å². The Hall–Kier alpha value is -3.95. The Labute approximate surface area is 211 Å². The van der Waals surface area contributed by atoms with Crippen molar-refractivity contribution in [1.82, 2.24) is 10.9 Å². The van der Waals surface area contributed by atoms with E-state index in [1.54, 1.807) is 12.1 Å². The zero-order valence-electron chi connectivity index (χ0n) is 18.9. The lowest BCUT2D eigenvalue weighted by molar-refractivity contribution is 0.0846. The van der Waals surface area contributed by atoms with Gasteiger partial charge in [0.25, 0.3) is 17.7 Å². The molecule has 0 spiro atoms. The predicted octanol–water partition coefficient (Wildman–Crippen LogP) is 4.35. The maximum Gasteiger partial charge on any atom is 0.271 e. The van der Waals surface area contributed by atoms with Crippen molar-refractivity contribution in [2.45, 2.75) is 0 Å². The van der Waals surface area contributed by atoms with E-state index in [1.165, 1.54) is 63.8 Å². The third-order valence-electron chi connectivity index (χ3n) is 4.81. The molecule has 0 unspecified atom stereocenters. The molecule has 3 amide bonds. The summed E-state index contributed by atoms with van der Waals surface area (Å²) >= 11 is 12.0. The molecule has 0 saturated carbocycles. The first kappa shape index (κ1) is 25.7. The van der Waals surface area contributed by atoms with Crippen molar-refractivity contribution in [2.75, 3.05) is 26.6 Å². The van der Waals surface area contributed by atoms with Gasteiger partial charge in [0.1, 0.15) is 0 Å². The lowest BCUT2D eigenvalue weighted by Crippen LogP contribution is -2.42. The van der Waals surface area contributed by atoms with E-state index in [1.807, 2.05) is 0 Å². The summed E-state index contributed by atoms with van der Waals surface area (Å²) in [7, 11) is 4.28. The molecule has 182 valence electrons. The third-order valence-corrected chi connectivity index (χ3v) is 5.36. The van der Waals surface area contributed by atoms with Crippen LogP contribution in [0.3, 0.4) is 0 Å². The minimum Gasteiger partial charge on any atom is -0.493 e. The first-order chi connectivity index (χ1) is 16.8.